The van der Waals surface area contributed by atoms with Crippen LogP contribution in [-0.2, 0) is 9.53 Å². The summed E-state index contributed by atoms with van der Waals surface area (Å²) in [5, 5.41) is 13.4. The number of nitrogens with zero attached hydrogens (tertiary/aromatic N) is 3. The van der Waals surface area contributed by atoms with Gasteiger partial charge in [0.15, 0.2) is 5.82 Å². The number of pyridine rings is 1. The summed E-state index contributed by atoms with van der Waals surface area (Å²) in [5.74, 6) is 0.321. The van der Waals surface area contributed by atoms with Crippen molar-refractivity contribution >= 4 is 28.9 Å². The lowest BCUT2D eigenvalue weighted by atomic mass is 9.68. The van der Waals surface area contributed by atoms with E-state index < -0.39 is 11.6 Å². The van der Waals surface area contributed by atoms with E-state index >= 15 is 0 Å². The van der Waals surface area contributed by atoms with Crippen molar-refractivity contribution in [3.8, 4) is 11.5 Å². The summed E-state index contributed by atoms with van der Waals surface area (Å²) in [6, 6.07) is 11.6. The number of nitrogens with one attached hydrogen (secondary N) is 3. The molecule has 2 fully saturated rings. The highest BCUT2D eigenvalue weighted by atomic mass is 16.6. The first-order valence-electron chi connectivity index (χ1n) is 8.65. The molecule has 2 aromatic heterocycles. The Balaban J connectivity index is 1.27. The van der Waals surface area contributed by atoms with Crippen LogP contribution in [0.3, 0.4) is 0 Å². The van der Waals surface area contributed by atoms with Crippen LogP contribution in [-0.4, -0.2) is 44.3 Å². The van der Waals surface area contributed by atoms with E-state index in [0.29, 0.717) is 31.0 Å². The fourth-order valence-electron chi connectivity index (χ4n) is 3.62. The van der Waals surface area contributed by atoms with Gasteiger partial charge in [-0.05, 0) is 25.0 Å². The maximum Gasteiger partial charge on any atom is 0.407 e. The second-order valence-electron chi connectivity index (χ2n) is 6.97. The third-order valence-corrected chi connectivity index (χ3v) is 5.05. The molecular formula is C18H16N6O3. The van der Waals surface area contributed by atoms with Crippen LogP contribution in [0.4, 0.5) is 10.7 Å². The van der Waals surface area contributed by atoms with E-state index in [2.05, 4.69) is 30.8 Å². The Labute approximate surface area is 153 Å². The third-order valence-electron chi connectivity index (χ3n) is 5.05. The quantitative estimate of drug-likeness (QED) is 0.652. The van der Waals surface area contributed by atoms with Crippen molar-refractivity contribution in [3.05, 3.63) is 36.4 Å². The molecule has 5 rings (SSSR count). The Morgan fingerprint density at radius 2 is 2.04 bits per heavy atom. The molecule has 136 valence electrons. The lowest BCUT2D eigenvalue weighted by molar-refractivity contribution is -0.124. The van der Waals surface area contributed by atoms with Gasteiger partial charge >= 0.3 is 6.09 Å². The lowest BCUT2D eigenvalue weighted by Crippen LogP contribution is -2.57. The molecule has 2 amide bonds. The van der Waals surface area contributed by atoms with Gasteiger partial charge in [-0.2, -0.15) is 4.98 Å². The van der Waals surface area contributed by atoms with Gasteiger partial charge in [0.05, 0.1) is 11.1 Å². The molecule has 1 spiro atoms. The maximum absolute atomic E-state index is 12.4. The molecular weight excluding hydrogens is 348 g/mol. The Kier molecular flexibility index (Phi) is 3.36. The molecule has 1 saturated heterocycles. The van der Waals surface area contributed by atoms with Crippen LogP contribution >= 0.6 is 0 Å². The molecule has 0 bridgehead atoms. The first-order chi connectivity index (χ1) is 13.1. The van der Waals surface area contributed by atoms with Gasteiger partial charge in [-0.25, -0.2) is 9.78 Å². The summed E-state index contributed by atoms with van der Waals surface area (Å²) in [4.78, 5) is 32.4. The first kappa shape index (κ1) is 15.7. The number of carbonyl (C=O) groups is 2. The van der Waals surface area contributed by atoms with Crippen molar-refractivity contribution in [1.82, 2.24) is 25.5 Å². The number of ether oxygens (including phenoxy) is 1. The number of H-pyrrole nitrogens is 1. The van der Waals surface area contributed by atoms with Crippen molar-refractivity contribution in [2.75, 3.05) is 11.9 Å². The number of hydrogen-bond acceptors (Lipinski definition) is 6. The summed E-state index contributed by atoms with van der Waals surface area (Å²) < 4.78 is 4.92. The molecule has 1 saturated carbocycles. The Morgan fingerprint density at radius 3 is 2.85 bits per heavy atom. The highest BCUT2D eigenvalue weighted by molar-refractivity contribution is 5.92. The topological polar surface area (TPSA) is 122 Å². The smallest absolute Gasteiger partial charge is 0.407 e. The SMILES string of the molecule is O=C1NC2(CO1)CC(C(=O)Nc1n[nH]c(-c3ccc4ccccc4n3)n1)C2. The number of aromatic amines is 1. The van der Waals surface area contributed by atoms with Crippen molar-refractivity contribution in [2.45, 2.75) is 18.4 Å². The summed E-state index contributed by atoms with van der Waals surface area (Å²) in [7, 11) is 0. The Hall–Kier alpha value is -3.49. The van der Waals surface area contributed by atoms with Crippen molar-refractivity contribution in [2.24, 2.45) is 5.92 Å². The number of aromatic nitrogens is 4. The number of anilines is 1. The monoisotopic (exact) mass is 364 g/mol. The zero-order valence-corrected chi connectivity index (χ0v) is 14.2. The number of para-hydroxylation sites is 1. The van der Waals surface area contributed by atoms with E-state index in [1.165, 1.54) is 0 Å². The number of fused-ring (bicyclic) bond motifs is 1. The number of cyclic esters (lactones) is 1. The summed E-state index contributed by atoms with van der Waals surface area (Å²) >= 11 is 0. The second kappa shape index (κ2) is 5.76. The predicted molar refractivity (Wildman–Crippen MR) is 95.7 cm³/mol. The van der Waals surface area contributed by atoms with Gasteiger partial charge in [-0.1, -0.05) is 24.3 Å². The van der Waals surface area contributed by atoms with Gasteiger partial charge in [0, 0.05) is 11.3 Å². The molecule has 1 aliphatic carbocycles. The minimum Gasteiger partial charge on any atom is -0.447 e. The summed E-state index contributed by atoms with van der Waals surface area (Å²) in [5.41, 5.74) is 1.12. The van der Waals surface area contributed by atoms with Gasteiger partial charge in [-0.3, -0.25) is 15.2 Å². The van der Waals surface area contributed by atoms with Crippen LogP contribution in [0.15, 0.2) is 36.4 Å². The number of hydrogen-bond donors (Lipinski definition) is 3. The van der Waals surface area contributed by atoms with E-state index in [0.717, 1.165) is 10.9 Å². The van der Waals surface area contributed by atoms with Gasteiger partial charge in [0.1, 0.15) is 12.3 Å². The largest absolute Gasteiger partial charge is 0.447 e. The molecule has 0 radical (unpaired) electrons. The van der Waals surface area contributed by atoms with Gasteiger partial charge < -0.3 is 10.1 Å². The van der Waals surface area contributed by atoms with E-state index in [9.17, 15) is 9.59 Å². The Morgan fingerprint density at radius 1 is 1.19 bits per heavy atom. The third kappa shape index (κ3) is 2.77. The molecule has 27 heavy (non-hydrogen) atoms. The number of alkyl carbamates (subject to hydrolysis) is 1. The van der Waals surface area contributed by atoms with E-state index in [1.807, 2.05) is 36.4 Å². The molecule has 1 aliphatic heterocycles. The van der Waals surface area contributed by atoms with Crippen LogP contribution in [0.1, 0.15) is 12.8 Å². The van der Waals surface area contributed by atoms with Crippen LogP contribution in [0, 0.1) is 5.92 Å². The van der Waals surface area contributed by atoms with Gasteiger partial charge in [-0.15, -0.1) is 5.10 Å². The maximum atomic E-state index is 12.4. The van der Waals surface area contributed by atoms with E-state index in [4.69, 9.17) is 4.74 Å². The molecule has 1 aromatic carbocycles. The molecule has 2 aliphatic rings. The van der Waals surface area contributed by atoms with Crippen molar-refractivity contribution in [1.29, 1.82) is 0 Å². The van der Waals surface area contributed by atoms with Crippen molar-refractivity contribution < 1.29 is 14.3 Å². The summed E-state index contributed by atoms with van der Waals surface area (Å²) in [6.07, 6.45) is 0.678. The standard InChI is InChI=1S/C18H16N6O3/c25-15(11-7-18(8-11)9-27-17(26)22-18)21-16-20-14(23-24-16)13-6-5-10-3-1-2-4-12(10)19-13/h1-6,11H,7-9H2,(H,22,26)(H2,20,21,23,24,25). The van der Waals surface area contributed by atoms with Crippen molar-refractivity contribution in [3.63, 3.8) is 0 Å². The zero-order chi connectivity index (χ0) is 18.4. The minimum atomic E-state index is -0.421. The molecule has 9 nitrogen and oxygen atoms in total. The lowest BCUT2D eigenvalue weighted by Gasteiger charge is -2.41. The molecule has 3 heterocycles. The fraction of sp³-hybridized carbons (Fsp3) is 0.278. The van der Waals surface area contributed by atoms with Gasteiger partial charge in [0.2, 0.25) is 11.9 Å². The average Bonchev–Trinajstić information content (AvgIpc) is 3.27. The number of rotatable bonds is 3. The normalized spacial score (nSPS) is 23.7. The van der Waals surface area contributed by atoms with Crippen LogP contribution < -0.4 is 10.6 Å². The second-order valence-corrected chi connectivity index (χ2v) is 6.97. The molecule has 0 unspecified atom stereocenters. The van der Waals surface area contributed by atoms with Crippen LogP contribution in [0.25, 0.3) is 22.4 Å². The number of benzene rings is 1. The zero-order valence-electron chi connectivity index (χ0n) is 14.2. The van der Waals surface area contributed by atoms with Crippen LogP contribution in [0.5, 0.6) is 0 Å². The predicted octanol–water partition coefficient (Wildman–Crippen LogP) is 1.85. The highest BCUT2D eigenvalue weighted by Gasteiger charge is 2.52. The number of amides is 2. The fourth-order valence-corrected chi connectivity index (χ4v) is 3.62. The highest BCUT2D eigenvalue weighted by Crippen LogP contribution is 2.40. The minimum absolute atomic E-state index is 0.168. The molecule has 0 atom stereocenters. The van der Waals surface area contributed by atoms with Crippen LogP contribution in [0.2, 0.25) is 0 Å². The first-order valence-corrected chi connectivity index (χ1v) is 8.65. The Bertz CT molecular complexity index is 1060. The molecule has 9 heteroatoms. The van der Waals surface area contributed by atoms with E-state index in [1.54, 1.807) is 0 Å². The number of carbonyl (C=O) groups excluding carboxylic acids is 2. The molecule has 3 aromatic rings. The van der Waals surface area contributed by atoms with Gasteiger partial charge in [0.25, 0.3) is 0 Å². The van der Waals surface area contributed by atoms with E-state index in [-0.39, 0.29) is 17.8 Å². The average molecular weight is 364 g/mol. The summed E-state index contributed by atoms with van der Waals surface area (Å²) in [6.45, 7) is 0.314. The molecule has 3 N–H and O–H groups in total.